The molecule has 1 unspecified atom stereocenters. The van der Waals surface area contributed by atoms with Gasteiger partial charge in [0.25, 0.3) is 0 Å². The lowest BCUT2D eigenvalue weighted by Gasteiger charge is -2.10. The molecule has 0 radical (unpaired) electrons. The van der Waals surface area contributed by atoms with E-state index in [1.54, 1.807) is 0 Å². The van der Waals surface area contributed by atoms with E-state index >= 15 is 0 Å². The van der Waals surface area contributed by atoms with Gasteiger partial charge in [-0.1, -0.05) is 55.5 Å². The Hall–Kier alpha value is -2.09. The molecule has 0 heterocycles. The molecule has 0 saturated heterocycles. The normalized spacial score (nSPS) is 12.1. The van der Waals surface area contributed by atoms with Gasteiger partial charge in [0.2, 0.25) is 0 Å². The van der Waals surface area contributed by atoms with Crippen LogP contribution in [-0.4, -0.2) is 11.1 Å². The number of hydrogen-bond donors (Lipinski definition) is 1. The van der Waals surface area contributed by atoms with E-state index in [2.05, 4.69) is 55.5 Å². The van der Waals surface area contributed by atoms with E-state index in [0.717, 1.165) is 12.8 Å². The second-order valence-corrected chi connectivity index (χ2v) is 5.75. The predicted octanol–water partition coefficient (Wildman–Crippen LogP) is 4.71. The summed E-state index contributed by atoms with van der Waals surface area (Å²) in [6, 6.07) is 17.0. The maximum absolute atomic E-state index is 10.7. The minimum Gasteiger partial charge on any atom is -0.481 e. The highest BCUT2D eigenvalue weighted by Crippen LogP contribution is 2.24. The molecule has 1 N–H and O–H groups in total. The van der Waals surface area contributed by atoms with E-state index in [9.17, 15) is 4.79 Å². The molecule has 0 aliphatic carbocycles. The molecule has 21 heavy (non-hydrogen) atoms. The van der Waals surface area contributed by atoms with Crippen LogP contribution in [-0.2, 0) is 11.2 Å². The molecule has 1 atom stereocenters. The van der Waals surface area contributed by atoms with E-state index in [-0.39, 0.29) is 12.3 Å². The molecule has 0 amide bonds. The first kappa shape index (κ1) is 15.3. The summed E-state index contributed by atoms with van der Waals surface area (Å²) in [4.78, 5) is 10.7. The van der Waals surface area contributed by atoms with Gasteiger partial charge in [-0.3, -0.25) is 4.79 Å². The molecular formula is C19H22O2. The van der Waals surface area contributed by atoms with Crippen molar-refractivity contribution in [2.75, 3.05) is 0 Å². The molecule has 2 aromatic carbocycles. The van der Waals surface area contributed by atoms with Gasteiger partial charge in [0.1, 0.15) is 0 Å². The van der Waals surface area contributed by atoms with Crippen LogP contribution in [0.1, 0.15) is 30.9 Å². The Labute approximate surface area is 126 Å². The first-order chi connectivity index (χ1) is 10.1. The lowest BCUT2D eigenvalue weighted by atomic mass is 9.96. The summed E-state index contributed by atoms with van der Waals surface area (Å²) in [6.45, 7) is 4.12. The number of aliphatic carboxylic acids is 1. The van der Waals surface area contributed by atoms with Crippen LogP contribution in [0.2, 0.25) is 0 Å². The summed E-state index contributed by atoms with van der Waals surface area (Å²) >= 11 is 0. The summed E-state index contributed by atoms with van der Waals surface area (Å²) in [5.74, 6) is -0.490. The van der Waals surface area contributed by atoms with E-state index in [4.69, 9.17) is 5.11 Å². The summed E-state index contributed by atoms with van der Waals surface area (Å²) in [6.07, 6.45) is 2.10. The first-order valence-electron chi connectivity index (χ1n) is 7.43. The summed E-state index contributed by atoms with van der Waals surface area (Å²) in [5.41, 5.74) is 5.05. The Morgan fingerprint density at radius 2 is 1.76 bits per heavy atom. The fourth-order valence-electron chi connectivity index (χ4n) is 2.56. The minimum atomic E-state index is -0.711. The van der Waals surface area contributed by atoms with Gasteiger partial charge in [-0.15, -0.1) is 0 Å². The van der Waals surface area contributed by atoms with Crippen molar-refractivity contribution in [2.24, 2.45) is 5.92 Å². The Kier molecular flexibility index (Phi) is 5.15. The Balaban J connectivity index is 2.00. The monoisotopic (exact) mass is 282 g/mol. The third-order valence-electron chi connectivity index (χ3n) is 3.86. The maximum atomic E-state index is 10.7. The SMILES string of the molecule is Cc1ccccc1-c1ccc(CCC(C)CC(=O)O)cc1. The first-order valence-corrected chi connectivity index (χ1v) is 7.43. The molecule has 110 valence electrons. The van der Waals surface area contributed by atoms with Gasteiger partial charge in [-0.25, -0.2) is 0 Å². The van der Waals surface area contributed by atoms with Gasteiger partial charge in [0, 0.05) is 6.42 Å². The lowest BCUT2D eigenvalue weighted by molar-refractivity contribution is -0.138. The van der Waals surface area contributed by atoms with Crippen molar-refractivity contribution < 1.29 is 9.90 Å². The Morgan fingerprint density at radius 1 is 1.10 bits per heavy atom. The molecule has 0 aliphatic rings. The number of carboxylic acid groups (broad SMARTS) is 1. The molecule has 0 saturated carbocycles. The van der Waals surface area contributed by atoms with Crippen LogP contribution in [0, 0.1) is 12.8 Å². The molecule has 0 bridgehead atoms. The van der Waals surface area contributed by atoms with Crippen LogP contribution in [0.25, 0.3) is 11.1 Å². The number of benzene rings is 2. The summed E-state index contributed by atoms with van der Waals surface area (Å²) in [7, 11) is 0. The fraction of sp³-hybridized carbons (Fsp3) is 0.316. The number of carbonyl (C=O) groups is 1. The molecule has 0 aromatic heterocycles. The van der Waals surface area contributed by atoms with E-state index in [1.807, 2.05) is 6.92 Å². The summed E-state index contributed by atoms with van der Waals surface area (Å²) < 4.78 is 0. The van der Waals surface area contributed by atoms with Crippen LogP contribution >= 0.6 is 0 Å². The zero-order valence-corrected chi connectivity index (χ0v) is 12.7. The van der Waals surface area contributed by atoms with Crippen molar-refractivity contribution in [1.82, 2.24) is 0 Å². The zero-order valence-electron chi connectivity index (χ0n) is 12.7. The van der Waals surface area contributed by atoms with Crippen molar-refractivity contribution in [3.63, 3.8) is 0 Å². The summed E-state index contributed by atoms with van der Waals surface area (Å²) in [5, 5.41) is 8.77. The van der Waals surface area contributed by atoms with Crippen molar-refractivity contribution in [3.05, 3.63) is 59.7 Å². The van der Waals surface area contributed by atoms with Crippen LogP contribution in [0.15, 0.2) is 48.5 Å². The highest BCUT2D eigenvalue weighted by Gasteiger charge is 2.08. The standard InChI is InChI=1S/C19H22O2/c1-14(13-19(20)21)7-8-16-9-11-17(12-10-16)18-6-4-3-5-15(18)2/h3-6,9-12,14H,7-8,13H2,1-2H3,(H,20,21). The van der Waals surface area contributed by atoms with Gasteiger partial charge in [-0.05, 0) is 47.9 Å². The second-order valence-electron chi connectivity index (χ2n) is 5.75. The van der Waals surface area contributed by atoms with Crippen molar-refractivity contribution in [2.45, 2.75) is 33.1 Å². The number of hydrogen-bond acceptors (Lipinski definition) is 1. The predicted molar refractivity (Wildman–Crippen MR) is 86.4 cm³/mol. The number of rotatable bonds is 6. The van der Waals surface area contributed by atoms with Crippen LogP contribution in [0.4, 0.5) is 0 Å². The van der Waals surface area contributed by atoms with E-state index in [0.29, 0.717) is 0 Å². The van der Waals surface area contributed by atoms with Gasteiger partial charge >= 0.3 is 5.97 Å². The van der Waals surface area contributed by atoms with E-state index < -0.39 is 5.97 Å². The molecule has 2 aromatic rings. The van der Waals surface area contributed by atoms with Gasteiger partial charge in [0.05, 0.1) is 0 Å². The molecule has 2 rings (SSSR count). The Morgan fingerprint density at radius 3 is 2.38 bits per heavy atom. The average Bonchev–Trinajstić information content (AvgIpc) is 2.46. The topological polar surface area (TPSA) is 37.3 Å². The fourth-order valence-corrected chi connectivity index (χ4v) is 2.56. The van der Waals surface area contributed by atoms with Crippen LogP contribution in [0.3, 0.4) is 0 Å². The highest BCUT2D eigenvalue weighted by atomic mass is 16.4. The third kappa shape index (κ3) is 4.45. The third-order valence-corrected chi connectivity index (χ3v) is 3.86. The van der Waals surface area contributed by atoms with Crippen LogP contribution in [0.5, 0.6) is 0 Å². The molecular weight excluding hydrogens is 260 g/mol. The molecule has 0 aliphatic heterocycles. The van der Waals surface area contributed by atoms with Crippen molar-refractivity contribution >= 4 is 5.97 Å². The van der Waals surface area contributed by atoms with E-state index in [1.165, 1.54) is 22.3 Å². The van der Waals surface area contributed by atoms with Crippen LogP contribution < -0.4 is 0 Å². The van der Waals surface area contributed by atoms with Crippen molar-refractivity contribution in [3.8, 4) is 11.1 Å². The lowest BCUT2D eigenvalue weighted by Crippen LogP contribution is -2.05. The molecule has 2 heteroatoms. The number of aryl methyl sites for hydroxylation is 2. The minimum absolute atomic E-state index is 0.221. The smallest absolute Gasteiger partial charge is 0.303 e. The maximum Gasteiger partial charge on any atom is 0.303 e. The van der Waals surface area contributed by atoms with Gasteiger partial charge in [-0.2, -0.15) is 0 Å². The van der Waals surface area contributed by atoms with Crippen molar-refractivity contribution in [1.29, 1.82) is 0 Å². The Bertz CT molecular complexity index is 599. The number of carboxylic acids is 1. The zero-order chi connectivity index (χ0) is 15.2. The highest BCUT2D eigenvalue weighted by molar-refractivity contribution is 5.67. The molecule has 0 spiro atoms. The average molecular weight is 282 g/mol. The molecule has 0 fully saturated rings. The van der Waals surface area contributed by atoms with Gasteiger partial charge < -0.3 is 5.11 Å². The van der Waals surface area contributed by atoms with Gasteiger partial charge in [0.15, 0.2) is 0 Å². The molecule has 2 nitrogen and oxygen atoms in total. The quantitative estimate of drug-likeness (QED) is 0.833. The second kappa shape index (κ2) is 7.07. The largest absolute Gasteiger partial charge is 0.481 e.